The van der Waals surface area contributed by atoms with Gasteiger partial charge in [0.05, 0.1) is 11.5 Å². The van der Waals surface area contributed by atoms with Gasteiger partial charge >= 0.3 is 0 Å². The minimum atomic E-state index is -4.05. The lowest BCUT2D eigenvalue weighted by atomic mass is 10.4. The molecule has 0 heterocycles. The first-order chi connectivity index (χ1) is 10.9. The summed E-state index contributed by atoms with van der Waals surface area (Å²) in [6.45, 7) is 1.86. The zero-order chi connectivity index (χ0) is 16.9. The van der Waals surface area contributed by atoms with Crippen molar-refractivity contribution in [3.8, 4) is 0 Å². The molecule has 0 radical (unpaired) electrons. The van der Waals surface area contributed by atoms with E-state index in [1.54, 1.807) is 37.3 Å². The quantitative estimate of drug-likeness (QED) is 0.546. The Morgan fingerprint density at radius 2 is 1.65 bits per heavy atom. The van der Waals surface area contributed by atoms with Crippen LogP contribution < -0.4 is 5.30 Å². The Bertz CT molecular complexity index is 790. The maximum Gasteiger partial charge on any atom is 0.297 e. The summed E-state index contributed by atoms with van der Waals surface area (Å²) in [6.07, 6.45) is -0.560. The van der Waals surface area contributed by atoms with Crippen LogP contribution in [0.2, 0.25) is 5.02 Å². The molecule has 2 aromatic carbocycles. The van der Waals surface area contributed by atoms with E-state index in [0.29, 0.717) is 10.3 Å². The first-order valence-electron chi connectivity index (χ1n) is 6.81. The van der Waals surface area contributed by atoms with Crippen molar-refractivity contribution in [3.05, 3.63) is 59.6 Å². The molecule has 124 valence electrons. The molecule has 2 aromatic rings. The Labute approximate surface area is 140 Å². The van der Waals surface area contributed by atoms with Crippen LogP contribution in [0.3, 0.4) is 0 Å². The number of benzene rings is 2. The number of rotatable bonds is 7. The van der Waals surface area contributed by atoms with E-state index in [-0.39, 0.29) is 11.5 Å². The number of halogens is 1. The van der Waals surface area contributed by atoms with Crippen LogP contribution in [-0.2, 0) is 23.4 Å². The van der Waals surface area contributed by atoms with Crippen molar-refractivity contribution in [2.75, 3.05) is 13.0 Å². The van der Waals surface area contributed by atoms with E-state index in [2.05, 4.69) is 0 Å². The third-order valence-electron chi connectivity index (χ3n) is 2.97. The molecular formula is C15H16ClO5PS. The van der Waals surface area contributed by atoms with E-state index >= 15 is 0 Å². The van der Waals surface area contributed by atoms with Crippen LogP contribution in [0.4, 0.5) is 0 Å². The fraction of sp³-hybridized carbons (Fsp3) is 0.200. The molecule has 0 spiro atoms. The molecule has 0 aliphatic heterocycles. The van der Waals surface area contributed by atoms with Crippen LogP contribution in [0.25, 0.3) is 0 Å². The van der Waals surface area contributed by atoms with Gasteiger partial charge in [0.1, 0.15) is 6.35 Å². The molecule has 0 fully saturated rings. The normalized spacial score (nSPS) is 14.3. The van der Waals surface area contributed by atoms with Crippen molar-refractivity contribution in [2.24, 2.45) is 0 Å². The summed E-state index contributed by atoms with van der Waals surface area (Å²) in [6, 6.07) is 13.9. The zero-order valence-electron chi connectivity index (χ0n) is 12.4. The number of hydrogen-bond acceptors (Lipinski definition) is 5. The molecule has 0 bridgehead atoms. The average molecular weight is 375 g/mol. The van der Waals surface area contributed by atoms with Crippen molar-refractivity contribution >= 4 is 34.4 Å². The van der Waals surface area contributed by atoms with E-state index in [4.69, 9.17) is 20.3 Å². The van der Waals surface area contributed by atoms with Crippen LogP contribution in [0, 0.1) is 0 Å². The molecule has 23 heavy (non-hydrogen) atoms. The van der Waals surface area contributed by atoms with Crippen molar-refractivity contribution in [3.63, 3.8) is 0 Å². The summed E-state index contributed by atoms with van der Waals surface area (Å²) in [5.74, 6) is 0. The second-order valence-corrected chi connectivity index (χ2v) is 9.01. The molecule has 0 saturated heterocycles. The Morgan fingerprint density at radius 1 is 1.04 bits per heavy atom. The molecule has 0 amide bonds. The van der Waals surface area contributed by atoms with Gasteiger partial charge in [0.25, 0.3) is 17.5 Å². The predicted octanol–water partition coefficient (Wildman–Crippen LogP) is 3.64. The van der Waals surface area contributed by atoms with E-state index in [0.717, 1.165) is 0 Å². The highest BCUT2D eigenvalue weighted by Crippen LogP contribution is 2.46. The van der Waals surface area contributed by atoms with Crippen LogP contribution in [0.5, 0.6) is 0 Å². The standard InChI is InChI=1S/C15H16ClO5PS/c1-2-20-22(17,14-6-4-3-5-7-14)12-21-23(18,19)15-10-8-13(16)9-11-15/h3-11H,2,12H2,1H3. The summed E-state index contributed by atoms with van der Waals surface area (Å²) >= 11 is 5.73. The maximum absolute atomic E-state index is 12.9. The monoisotopic (exact) mass is 374 g/mol. The Kier molecular flexibility index (Phi) is 6.00. The smallest absolute Gasteiger partial charge is 0.297 e. The van der Waals surface area contributed by atoms with Crippen LogP contribution >= 0.6 is 19.0 Å². The average Bonchev–Trinajstić information content (AvgIpc) is 2.55. The Hall–Kier alpha value is -1.17. The molecule has 0 aromatic heterocycles. The predicted molar refractivity (Wildman–Crippen MR) is 89.9 cm³/mol. The van der Waals surface area contributed by atoms with Gasteiger partial charge in [-0.1, -0.05) is 29.8 Å². The van der Waals surface area contributed by atoms with Crippen LogP contribution in [0.1, 0.15) is 6.92 Å². The molecule has 0 N–H and O–H groups in total. The zero-order valence-corrected chi connectivity index (χ0v) is 14.9. The topological polar surface area (TPSA) is 69.7 Å². The molecule has 0 saturated carbocycles. The fourth-order valence-electron chi connectivity index (χ4n) is 1.86. The lowest BCUT2D eigenvalue weighted by molar-refractivity contribution is 0.301. The van der Waals surface area contributed by atoms with Crippen LogP contribution in [0.15, 0.2) is 59.5 Å². The van der Waals surface area contributed by atoms with Gasteiger partial charge in [0.2, 0.25) is 0 Å². The highest BCUT2D eigenvalue weighted by atomic mass is 35.5. The van der Waals surface area contributed by atoms with Gasteiger partial charge in [-0.05, 0) is 43.3 Å². The van der Waals surface area contributed by atoms with Gasteiger partial charge in [-0.25, -0.2) is 0 Å². The molecule has 1 unspecified atom stereocenters. The third-order valence-corrected chi connectivity index (χ3v) is 6.90. The molecule has 8 heteroatoms. The molecule has 2 rings (SSSR count). The van der Waals surface area contributed by atoms with Crippen molar-refractivity contribution in [2.45, 2.75) is 11.8 Å². The van der Waals surface area contributed by atoms with Gasteiger partial charge in [-0.3, -0.25) is 8.75 Å². The summed E-state index contributed by atoms with van der Waals surface area (Å²) in [5.41, 5.74) is 0. The SMILES string of the molecule is CCOP(=O)(COS(=O)(=O)c1ccc(Cl)cc1)c1ccccc1. The molecular weight excluding hydrogens is 359 g/mol. The second-order valence-electron chi connectivity index (χ2n) is 4.58. The van der Waals surface area contributed by atoms with Crippen LogP contribution in [-0.4, -0.2) is 21.4 Å². The Balaban J connectivity index is 2.22. The third kappa shape index (κ3) is 4.66. The second kappa shape index (κ2) is 7.60. The highest BCUT2D eigenvalue weighted by molar-refractivity contribution is 7.87. The molecule has 5 nitrogen and oxygen atoms in total. The van der Waals surface area contributed by atoms with E-state index in [1.165, 1.54) is 24.3 Å². The first-order valence-corrected chi connectivity index (χ1v) is 10.4. The molecule has 1 atom stereocenters. The molecule has 0 aliphatic carbocycles. The van der Waals surface area contributed by atoms with E-state index in [1.807, 2.05) is 0 Å². The van der Waals surface area contributed by atoms with Gasteiger partial charge in [0.15, 0.2) is 0 Å². The van der Waals surface area contributed by atoms with E-state index in [9.17, 15) is 13.0 Å². The van der Waals surface area contributed by atoms with Gasteiger partial charge in [-0.15, -0.1) is 0 Å². The molecule has 0 aliphatic rings. The van der Waals surface area contributed by atoms with Crippen molar-refractivity contribution < 1.29 is 21.7 Å². The van der Waals surface area contributed by atoms with E-state index < -0.39 is 23.8 Å². The van der Waals surface area contributed by atoms with Crippen molar-refractivity contribution in [1.82, 2.24) is 0 Å². The van der Waals surface area contributed by atoms with Gasteiger partial charge in [-0.2, -0.15) is 8.42 Å². The van der Waals surface area contributed by atoms with Crippen molar-refractivity contribution in [1.29, 1.82) is 0 Å². The lowest BCUT2D eigenvalue weighted by Crippen LogP contribution is -2.15. The largest absolute Gasteiger partial charge is 0.324 e. The van der Waals surface area contributed by atoms with Gasteiger partial charge < -0.3 is 4.52 Å². The summed E-state index contributed by atoms with van der Waals surface area (Å²) in [5, 5.41) is 0.821. The lowest BCUT2D eigenvalue weighted by Gasteiger charge is -2.18. The highest BCUT2D eigenvalue weighted by Gasteiger charge is 2.29. The number of hydrogen-bond donors (Lipinski definition) is 0. The fourth-order valence-corrected chi connectivity index (χ4v) is 5.12. The minimum absolute atomic E-state index is 0.0574. The minimum Gasteiger partial charge on any atom is -0.324 e. The first kappa shape index (κ1) is 18.2. The summed E-state index contributed by atoms with van der Waals surface area (Å²) in [4.78, 5) is -0.0574. The summed E-state index contributed by atoms with van der Waals surface area (Å²) < 4.78 is 47.6. The van der Waals surface area contributed by atoms with Gasteiger partial charge in [0, 0.05) is 10.3 Å². The Morgan fingerprint density at radius 3 is 2.22 bits per heavy atom. The maximum atomic E-state index is 12.9. The summed E-state index contributed by atoms with van der Waals surface area (Å²) in [7, 11) is -7.47.